The first-order valence-electron chi connectivity index (χ1n) is 3.93. The first-order chi connectivity index (χ1) is 4.29. The van der Waals surface area contributed by atoms with E-state index in [1.165, 1.54) is 0 Å². The van der Waals surface area contributed by atoms with Gasteiger partial charge in [0.2, 0.25) is 0 Å². The second kappa shape index (κ2) is 1.46. The van der Waals surface area contributed by atoms with Gasteiger partial charge in [0, 0.05) is 1.37 Å². The van der Waals surface area contributed by atoms with Gasteiger partial charge < -0.3 is 0 Å². The summed E-state index contributed by atoms with van der Waals surface area (Å²) in [6.45, 7) is 0. The van der Waals surface area contributed by atoms with Crippen molar-refractivity contribution in [2.24, 2.45) is 11.8 Å². The molecular formula is C7H11F. The zero-order chi connectivity index (χ0) is 6.43. The third kappa shape index (κ3) is 0.503. The minimum Gasteiger partial charge on any atom is -0.247 e. The molecular weight excluding hydrogens is 103 g/mol. The molecule has 0 heterocycles. The van der Waals surface area contributed by atoms with Crippen LogP contribution < -0.4 is 0 Å². The summed E-state index contributed by atoms with van der Waals surface area (Å²) >= 11 is 0. The van der Waals surface area contributed by atoms with Crippen molar-refractivity contribution in [1.29, 1.82) is 0 Å². The monoisotopic (exact) mass is 115 g/mol. The van der Waals surface area contributed by atoms with Gasteiger partial charge in [0.25, 0.3) is 0 Å². The molecule has 2 bridgehead atoms. The first-order valence-corrected chi connectivity index (χ1v) is 3.35. The molecule has 2 aliphatic carbocycles. The highest BCUT2D eigenvalue weighted by molar-refractivity contribution is 4.89. The number of fused-ring (bicyclic) bond motifs is 2. The van der Waals surface area contributed by atoms with Gasteiger partial charge in [-0.1, -0.05) is 0 Å². The van der Waals surface area contributed by atoms with E-state index in [0.29, 0.717) is 5.92 Å². The van der Waals surface area contributed by atoms with Crippen molar-refractivity contribution in [3.05, 3.63) is 0 Å². The highest BCUT2D eigenvalue weighted by Crippen LogP contribution is 2.45. The van der Waals surface area contributed by atoms with E-state index >= 15 is 0 Å². The highest BCUT2D eigenvalue weighted by atomic mass is 19.1. The molecule has 46 valence electrons. The molecule has 0 aromatic heterocycles. The fourth-order valence-electron chi connectivity index (χ4n) is 1.93. The lowest BCUT2D eigenvalue weighted by Crippen LogP contribution is -2.09. The van der Waals surface area contributed by atoms with E-state index in [9.17, 15) is 4.39 Å². The molecule has 8 heavy (non-hydrogen) atoms. The minimum atomic E-state index is -0.788. The van der Waals surface area contributed by atoms with Gasteiger partial charge in [-0.15, -0.1) is 0 Å². The van der Waals surface area contributed by atoms with Crippen molar-refractivity contribution in [1.82, 2.24) is 0 Å². The summed E-state index contributed by atoms with van der Waals surface area (Å²) in [5.74, 6) is 0.669. The van der Waals surface area contributed by atoms with Crippen LogP contribution in [-0.4, -0.2) is 6.17 Å². The highest BCUT2D eigenvalue weighted by Gasteiger charge is 2.39. The van der Waals surface area contributed by atoms with Gasteiger partial charge in [0.1, 0.15) is 6.17 Å². The molecule has 0 aromatic rings. The Morgan fingerprint density at radius 3 is 2.75 bits per heavy atom. The van der Waals surface area contributed by atoms with E-state index in [4.69, 9.17) is 1.37 Å². The van der Waals surface area contributed by atoms with Gasteiger partial charge in [0.15, 0.2) is 0 Å². The lowest BCUT2D eigenvalue weighted by atomic mass is 9.99. The van der Waals surface area contributed by atoms with Gasteiger partial charge in [-0.2, -0.15) is 0 Å². The van der Waals surface area contributed by atoms with E-state index < -0.39 is 6.17 Å². The summed E-state index contributed by atoms with van der Waals surface area (Å²) in [5, 5.41) is 0. The SMILES string of the molecule is [2H]C1C2CCC(C2)[C@@H]1F. The lowest BCUT2D eigenvalue weighted by Gasteiger charge is -2.11. The fourth-order valence-corrected chi connectivity index (χ4v) is 1.93. The molecule has 0 nitrogen and oxygen atoms in total. The van der Waals surface area contributed by atoms with Crippen LogP contribution in [0.25, 0.3) is 0 Å². The second-order valence-corrected chi connectivity index (χ2v) is 2.97. The van der Waals surface area contributed by atoms with E-state index in [0.717, 1.165) is 19.3 Å². The van der Waals surface area contributed by atoms with Gasteiger partial charge in [-0.05, 0) is 37.5 Å². The summed E-state index contributed by atoms with van der Waals surface area (Å²) in [6.07, 6.45) is 1.99. The predicted octanol–water partition coefficient (Wildman–Crippen LogP) is 2.14. The van der Waals surface area contributed by atoms with Crippen molar-refractivity contribution < 1.29 is 5.76 Å². The van der Waals surface area contributed by atoms with Crippen molar-refractivity contribution in [3.63, 3.8) is 0 Å². The normalized spacial score (nSPS) is 63.9. The zero-order valence-corrected chi connectivity index (χ0v) is 4.81. The number of rotatable bonds is 0. The number of hydrogen-bond acceptors (Lipinski definition) is 0. The molecule has 0 aliphatic heterocycles. The lowest BCUT2D eigenvalue weighted by molar-refractivity contribution is 0.231. The van der Waals surface area contributed by atoms with Crippen LogP contribution in [-0.2, 0) is 0 Å². The maximum Gasteiger partial charge on any atom is 0.103 e. The van der Waals surface area contributed by atoms with Crippen LogP contribution in [0.1, 0.15) is 27.0 Å². The van der Waals surface area contributed by atoms with Crippen LogP contribution in [0.2, 0.25) is 0 Å². The Balaban J connectivity index is 2.15. The predicted molar refractivity (Wildman–Crippen MR) is 30.3 cm³/mol. The Kier molecular flexibility index (Phi) is 0.704. The molecule has 2 saturated carbocycles. The maximum absolute atomic E-state index is 12.8. The van der Waals surface area contributed by atoms with Crippen LogP contribution in [0.3, 0.4) is 0 Å². The van der Waals surface area contributed by atoms with Crippen LogP contribution in [0.5, 0.6) is 0 Å². The standard InChI is InChI=1S/C7H11F/c8-7-4-5-1-2-6(7)3-5/h5-7H,1-4H2/t5?,6?,7-/m1/s1/i4D/t4?,5?,6?,7-. The Hall–Kier alpha value is -0.0700. The third-order valence-electron chi connectivity index (χ3n) is 2.42. The zero-order valence-electron chi connectivity index (χ0n) is 5.81. The summed E-state index contributed by atoms with van der Waals surface area (Å²) in [5.41, 5.74) is 0. The van der Waals surface area contributed by atoms with Crippen molar-refractivity contribution in [3.8, 4) is 0 Å². The summed E-state index contributed by atoms with van der Waals surface area (Å²) in [6, 6.07) is 0. The van der Waals surface area contributed by atoms with Crippen molar-refractivity contribution in [2.75, 3.05) is 0 Å². The Morgan fingerprint density at radius 2 is 2.38 bits per heavy atom. The van der Waals surface area contributed by atoms with Gasteiger partial charge in [-0.25, -0.2) is 4.39 Å². The molecule has 0 saturated heterocycles. The van der Waals surface area contributed by atoms with Crippen molar-refractivity contribution >= 4 is 0 Å². The molecule has 4 atom stereocenters. The topological polar surface area (TPSA) is 0 Å². The summed E-state index contributed by atoms with van der Waals surface area (Å²) in [7, 11) is 0. The maximum atomic E-state index is 12.8. The smallest absolute Gasteiger partial charge is 0.103 e. The second-order valence-electron chi connectivity index (χ2n) is 2.97. The van der Waals surface area contributed by atoms with E-state index in [-0.39, 0.29) is 12.3 Å². The Bertz CT molecular complexity index is 108. The Labute approximate surface area is 50.5 Å². The molecule has 0 amide bonds. The van der Waals surface area contributed by atoms with Crippen molar-refractivity contribution in [2.45, 2.75) is 31.8 Å². The quantitative estimate of drug-likeness (QED) is 0.453. The average Bonchev–Trinajstić information content (AvgIpc) is 2.37. The van der Waals surface area contributed by atoms with Gasteiger partial charge in [-0.3, -0.25) is 0 Å². The molecule has 0 aromatic carbocycles. The molecule has 1 heteroatoms. The molecule has 3 unspecified atom stereocenters. The van der Waals surface area contributed by atoms with Crippen LogP contribution in [0.4, 0.5) is 4.39 Å². The fraction of sp³-hybridized carbons (Fsp3) is 1.00. The van der Waals surface area contributed by atoms with Gasteiger partial charge in [0.05, 0.1) is 0 Å². The number of alkyl halides is 1. The molecule has 2 fully saturated rings. The van der Waals surface area contributed by atoms with Crippen LogP contribution in [0, 0.1) is 11.8 Å². The minimum absolute atomic E-state index is 0.262. The third-order valence-corrected chi connectivity index (χ3v) is 2.42. The van der Waals surface area contributed by atoms with E-state index in [1.807, 2.05) is 0 Å². The molecule has 2 aliphatic rings. The van der Waals surface area contributed by atoms with Crippen LogP contribution in [0.15, 0.2) is 0 Å². The summed E-state index contributed by atoms with van der Waals surface area (Å²) < 4.78 is 20.2. The largest absolute Gasteiger partial charge is 0.247 e. The Morgan fingerprint density at radius 1 is 1.50 bits per heavy atom. The van der Waals surface area contributed by atoms with Crippen LogP contribution >= 0.6 is 0 Å². The van der Waals surface area contributed by atoms with Gasteiger partial charge >= 0.3 is 0 Å². The first kappa shape index (κ1) is 3.86. The average molecular weight is 115 g/mol. The molecule has 2 rings (SSSR count). The molecule has 0 spiro atoms. The molecule has 0 N–H and O–H groups in total. The number of hydrogen-bond donors (Lipinski definition) is 0. The van der Waals surface area contributed by atoms with E-state index in [1.54, 1.807) is 0 Å². The van der Waals surface area contributed by atoms with E-state index in [2.05, 4.69) is 0 Å². The summed E-state index contributed by atoms with van der Waals surface area (Å²) in [4.78, 5) is 0. The molecule has 0 radical (unpaired) electrons. The number of halogens is 1.